The van der Waals surface area contributed by atoms with Crippen LogP contribution < -0.4 is 0 Å². The van der Waals surface area contributed by atoms with Gasteiger partial charge in [0.15, 0.2) is 5.65 Å². The standard InChI is InChI=1S/C12H12N4O2/c17-12(16-4-7-5-18-6-9(7)16)10-8-2-1-3-13-11(8)15-14-10/h1-3,7,9H,4-6H2,(H,13,14,15)/t7-,9+/m1/s1. The fourth-order valence-corrected chi connectivity index (χ4v) is 2.75. The van der Waals surface area contributed by atoms with E-state index in [0.717, 1.165) is 18.5 Å². The molecule has 1 N–H and O–H groups in total. The molecule has 0 unspecified atom stereocenters. The van der Waals surface area contributed by atoms with Crippen molar-refractivity contribution < 1.29 is 9.53 Å². The third-order valence-electron chi connectivity index (χ3n) is 3.80. The molecular weight excluding hydrogens is 232 g/mol. The van der Waals surface area contributed by atoms with Gasteiger partial charge in [0.1, 0.15) is 5.69 Å². The third-order valence-corrected chi connectivity index (χ3v) is 3.80. The van der Waals surface area contributed by atoms with Gasteiger partial charge in [0.2, 0.25) is 0 Å². The number of nitrogens with one attached hydrogen (secondary N) is 1. The van der Waals surface area contributed by atoms with Gasteiger partial charge in [-0.1, -0.05) is 0 Å². The second-order valence-electron chi connectivity index (χ2n) is 4.80. The van der Waals surface area contributed by atoms with Crippen LogP contribution in [0, 0.1) is 5.92 Å². The van der Waals surface area contributed by atoms with Crippen molar-refractivity contribution >= 4 is 16.9 Å². The molecule has 0 aromatic carbocycles. The van der Waals surface area contributed by atoms with Gasteiger partial charge in [-0.15, -0.1) is 0 Å². The van der Waals surface area contributed by atoms with Gasteiger partial charge >= 0.3 is 0 Å². The molecule has 0 saturated carbocycles. The van der Waals surface area contributed by atoms with Crippen molar-refractivity contribution in [1.29, 1.82) is 0 Å². The van der Waals surface area contributed by atoms with E-state index in [-0.39, 0.29) is 11.9 Å². The maximum Gasteiger partial charge on any atom is 0.272 e. The number of ether oxygens (including phenoxy) is 1. The quantitative estimate of drug-likeness (QED) is 0.789. The zero-order valence-corrected chi connectivity index (χ0v) is 9.67. The van der Waals surface area contributed by atoms with Crippen molar-refractivity contribution in [3.63, 3.8) is 0 Å². The van der Waals surface area contributed by atoms with Crippen LogP contribution in [-0.2, 0) is 4.74 Å². The number of pyridine rings is 1. The van der Waals surface area contributed by atoms with E-state index < -0.39 is 0 Å². The van der Waals surface area contributed by atoms with Crippen LogP contribution in [0.2, 0.25) is 0 Å². The largest absolute Gasteiger partial charge is 0.379 e. The molecule has 2 saturated heterocycles. The van der Waals surface area contributed by atoms with Gasteiger partial charge < -0.3 is 9.64 Å². The van der Waals surface area contributed by atoms with E-state index in [2.05, 4.69) is 15.2 Å². The molecular formula is C12H12N4O2. The Kier molecular flexibility index (Phi) is 1.96. The van der Waals surface area contributed by atoms with Crippen molar-refractivity contribution in [1.82, 2.24) is 20.1 Å². The lowest BCUT2D eigenvalue weighted by Crippen LogP contribution is -2.58. The van der Waals surface area contributed by atoms with E-state index in [0.29, 0.717) is 23.9 Å². The lowest BCUT2D eigenvalue weighted by atomic mass is 9.91. The molecule has 2 aromatic rings. The van der Waals surface area contributed by atoms with E-state index in [9.17, 15) is 4.79 Å². The third kappa shape index (κ3) is 1.23. The number of hydrogen-bond acceptors (Lipinski definition) is 4. The first-order valence-electron chi connectivity index (χ1n) is 6.02. The smallest absolute Gasteiger partial charge is 0.272 e. The first-order chi connectivity index (χ1) is 8.84. The summed E-state index contributed by atoms with van der Waals surface area (Å²) in [7, 11) is 0. The summed E-state index contributed by atoms with van der Waals surface area (Å²) < 4.78 is 5.38. The number of rotatable bonds is 1. The number of nitrogens with zero attached hydrogens (tertiary/aromatic N) is 3. The molecule has 0 aliphatic carbocycles. The Morgan fingerprint density at radius 2 is 2.44 bits per heavy atom. The monoisotopic (exact) mass is 244 g/mol. The van der Waals surface area contributed by atoms with Gasteiger partial charge in [-0.05, 0) is 12.1 Å². The normalized spacial score (nSPS) is 26.1. The summed E-state index contributed by atoms with van der Waals surface area (Å²) in [5.74, 6) is 0.513. The number of fused-ring (bicyclic) bond motifs is 2. The Morgan fingerprint density at radius 1 is 1.50 bits per heavy atom. The Labute approximate surface area is 103 Å². The van der Waals surface area contributed by atoms with Gasteiger partial charge in [-0.3, -0.25) is 9.89 Å². The molecule has 0 radical (unpaired) electrons. The first kappa shape index (κ1) is 10.0. The summed E-state index contributed by atoms with van der Waals surface area (Å²) in [6, 6.07) is 3.92. The molecule has 0 bridgehead atoms. The molecule has 2 aliphatic rings. The molecule has 0 spiro atoms. The summed E-state index contributed by atoms with van der Waals surface area (Å²) in [6.07, 6.45) is 1.67. The number of carbonyl (C=O) groups excluding carboxylic acids is 1. The molecule has 1 amide bonds. The highest BCUT2D eigenvalue weighted by atomic mass is 16.5. The summed E-state index contributed by atoms with van der Waals surface area (Å²) in [6.45, 7) is 2.21. The minimum Gasteiger partial charge on any atom is -0.379 e. The summed E-state index contributed by atoms with van der Waals surface area (Å²) >= 11 is 0. The van der Waals surface area contributed by atoms with Crippen LogP contribution >= 0.6 is 0 Å². The maximum atomic E-state index is 12.4. The minimum absolute atomic E-state index is 0.00255. The van der Waals surface area contributed by atoms with E-state index in [1.165, 1.54) is 0 Å². The second kappa shape index (κ2) is 3.52. The van der Waals surface area contributed by atoms with Crippen molar-refractivity contribution in [3.8, 4) is 0 Å². The van der Waals surface area contributed by atoms with Gasteiger partial charge in [0.25, 0.3) is 5.91 Å². The molecule has 6 nitrogen and oxygen atoms in total. The van der Waals surface area contributed by atoms with Gasteiger partial charge in [-0.25, -0.2) is 4.98 Å². The maximum absolute atomic E-state index is 12.4. The van der Waals surface area contributed by atoms with Crippen molar-refractivity contribution in [3.05, 3.63) is 24.0 Å². The predicted octanol–water partition coefficient (Wildman–Crippen LogP) is 0.429. The molecule has 2 atom stereocenters. The zero-order valence-electron chi connectivity index (χ0n) is 9.67. The summed E-state index contributed by atoms with van der Waals surface area (Å²) in [5.41, 5.74) is 1.11. The van der Waals surface area contributed by atoms with Crippen molar-refractivity contribution in [2.75, 3.05) is 19.8 Å². The van der Waals surface area contributed by atoms with E-state index in [1.807, 2.05) is 17.0 Å². The van der Waals surface area contributed by atoms with Crippen molar-refractivity contribution in [2.24, 2.45) is 5.92 Å². The number of aromatic nitrogens is 3. The number of carbonyl (C=O) groups is 1. The summed E-state index contributed by atoms with van der Waals surface area (Å²) in [4.78, 5) is 18.4. The molecule has 2 fully saturated rings. The Bertz CT molecular complexity index is 623. The van der Waals surface area contributed by atoms with Crippen LogP contribution in [0.15, 0.2) is 18.3 Å². The average Bonchev–Trinajstić information content (AvgIpc) is 2.94. The number of H-pyrrole nitrogens is 1. The van der Waals surface area contributed by atoms with E-state index in [1.54, 1.807) is 6.20 Å². The first-order valence-corrected chi connectivity index (χ1v) is 6.02. The van der Waals surface area contributed by atoms with E-state index >= 15 is 0 Å². The minimum atomic E-state index is -0.00255. The molecule has 2 aromatic heterocycles. The Morgan fingerprint density at radius 3 is 3.33 bits per heavy atom. The molecule has 4 heterocycles. The van der Waals surface area contributed by atoms with Gasteiger partial charge in [0, 0.05) is 18.7 Å². The SMILES string of the molecule is O=C(c1[nH]nc2ncccc12)N1C[C@@H]2COC[C@@H]21. The fourth-order valence-electron chi connectivity index (χ4n) is 2.75. The fraction of sp³-hybridized carbons (Fsp3) is 0.417. The van der Waals surface area contributed by atoms with Crippen LogP contribution in [0.3, 0.4) is 0 Å². The van der Waals surface area contributed by atoms with Crippen LogP contribution in [0.25, 0.3) is 11.0 Å². The van der Waals surface area contributed by atoms with Gasteiger partial charge in [-0.2, -0.15) is 5.10 Å². The van der Waals surface area contributed by atoms with Gasteiger partial charge in [0.05, 0.1) is 24.6 Å². The highest BCUT2D eigenvalue weighted by molar-refractivity contribution is 6.04. The molecule has 92 valence electrons. The lowest BCUT2D eigenvalue weighted by molar-refractivity contribution is 0.0320. The lowest BCUT2D eigenvalue weighted by Gasteiger charge is -2.42. The van der Waals surface area contributed by atoms with E-state index in [4.69, 9.17) is 4.74 Å². The Balaban J connectivity index is 1.69. The van der Waals surface area contributed by atoms with Crippen LogP contribution in [0.1, 0.15) is 10.5 Å². The number of aromatic amines is 1. The average molecular weight is 244 g/mol. The van der Waals surface area contributed by atoms with Crippen LogP contribution in [-0.4, -0.2) is 51.8 Å². The molecule has 18 heavy (non-hydrogen) atoms. The number of hydrogen-bond donors (Lipinski definition) is 1. The molecule has 6 heteroatoms. The highest BCUT2D eigenvalue weighted by Crippen LogP contribution is 2.32. The van der Waals surface area contributed by atoms with Crippen LogP contribution in [0.5, 0.6) is 0 Å². The predicted molar refractivity (Wildman–Crippen MR) is 63.0 cm³/mol. The van der Waals surface area contributed by atoms with Crippen LogP contribution in [0.4, 0.5) is 0 Å². The zero-order chi connectivity index (χ0) is 12.1. The molecule has 2 aliphatic heterocycles. The Hall–Kier alpha value is -1.95. The highest BCUT2D eigenvalue weighted by Gasteiger charge is 2.46. The number of likely N-dealkylation sites (tertiary alicyclic amines) is 1. The number of amides is 1. The summed E-state index contributed by atoms with van der Waals surface area (Å²) in [5, 5.41) is 7.63. The molecule has 4 rings (SSSR count). The topological polar surface area (TPSA) is 71.1 Å². The van der Waals surface area contributed by atoms with Crippen molar-refractivity contribution in [2.45, 2.75) is 6.04 Å². The second-order valence-corrected chi connectivity index (χ2v) is 4.80.